The topological polar surface area (TPSA) is 133 Å². The third-order valence-electron chi connectivity index (χ3n) is 7.14. The number of halogens is 2. The van der Waals surface area contributed by atoms with Crippen LogP contribution in [-0.4, -0.2) is 75.5 Å². The highest BCUT2D eigenvalue weighted by molar-refractivity contribution is 5.67. The molecular formula is C27H33F2N7O4. The smallest absolute Gasteiger partial charge is 0.410 e. The van der Waals surface area contributed by atoms with Crippen LogP contribution < -0.4 is 10.6 Å². The Morgan fingerprint density at radius 2 is 1.90 bits per heavy atom. The van der Waals surface area contributed by atoms with Gasteiger partial charge in [-0.3, -0.25) is 0 Å². The second-order valence-corrected chi connectivity index (χ2v) is 10.4. The zero-order chi connectivity index (χ0) is 28.2. The van der Waals surface area contributed by atoms with Crippen LogP contribution in [-0.2, 0) is 16.1 Å². The summed E-state index contributed by atoms with van der Waals surface area (Å²) in [5, 5.41) is 4.01. The summed E-state index contributed by atoms with van der Waals surface area (Å²) in [4.78, 5) is 28.9. The van der Waals surface area contributed by atoms with Gasteiger partial charge in [-0.15, -0.1) is 0 Å². The number of piperidine rings is 2. The van der Waals surface area contributed by atoms with Crippen LogP contribution in [0.1, 0.15) is 50.5 Å². The van der Waals surface area contributed by atoms with Gasteiger partial charge in [-0.05, 0) is 56.9 Å². The second kappa shape index (κ2) is 12.2. The number of nitrogens with zero attached hydrogens (tertiary/aromatic N) is 6. The Labute approximate surface area is 230 Å². The predicted molar refractivity (Wildman–Crippen MR) is 140 cm³/mol. The van der Waals surface area contributed by atoms with Gasteiger partial charge in [0.05, 0.1) is 17.8 Å². The van der Waals surface area contributed by atoms with Gasteiger partial charge in [-0.25, -0.2) is 23.5 Å². The molecule has 2 atom stereocenters. The van der Waals surface area contributed by atoms with Gasteiger partial charge in [0.25, 0.3) is 5.89 Å². The summed E-state index contributed by atoms with van der Waals surface area (Å²) < 4.78 is 44.4. The molecule has 5 rings (SSSR count). The number of amides is 1. The van der Waals surface area contributed by atoms with Gasteiger partial charge >= 0.3 is 6.09 Å². The van der Waals surface area contributed by atoms with E-state index in [0.717, 1.165) is 12.1 Å². The van der Waals surface area contributed by atoms with Gasteiger partial charge in [-0.2, -0.15) is 4.98 Å². The number of likely N-dealkylation sites (tertiary alicyclic amines) is 1. The molecule has 2 saturated heterocycles. The molecule has 0 radical (unpaired) electrons. The van der Waals surface area contributed by atoms with Crippen molar-refractivity contribution in [3.05, 3.63) is 53.7 Å². The van der Waals surface area contributed by atoms with Gasteiger partial charge in [0.2, 0.25) is 11.8 Å². The van der Waals surface area contributed by atoms with Gasteiger partial charge in [-0.1, -0.05) is 5.16 Å². The second-order valence-electron chi connectivity index (χ2n) is 10.4. The highest BCUT2D eigenvalue weighted by Crippen LogP contribution is 2.31. The lowest BCUT2D eigenvalue weighted by molar-refractivity contribution is -0.0147. The SMILES string of the molecule is CC(C)OC(=O)N1CCC(OCc2nc(-c3cnc(N4CC[C@H](c5cc(F)ccc5F)[C@@H](N)C4)nc3)no2)CC1. The number of hydrogen-bond donors (Lipinski definition) is 1. The van der Waals surface area contributed by atoms with E-state index in [2.05, 4.69) is 20.1 Å². The number of anilines is 1. The molecule has 1 aromatic carbocycles. The highest BCUT2D eigenvalue weighted by atomic mass is 19.1. The van der Waals surface area contributed by atoms with Crippen LogP contribution in [0.25, 0.3) is 11.4 Å². The minimum absolute atomic E-state index is 0.0195. The number of hydrogen-bond acceptors (Lipinski definition) is 10. The van der Waals surface area contributed by atoms with Crippen molar-refractivity contribution in [1.82, 2.24) is 25.0 Å². The average Bonchev–Trinajstić information content (AvgIpc) is 3.42. The zero-order valence-corrected chi connectivity index (χ0v) is 22.5. The number of carbonyl (C=O) groups excluding carboxylic acids is 1. The monoisotopic (exact) mass is 557 g/mol. The van der Waals surface area contributed by atoms with Crippen LogP contribution in [0.4, 0.5) is 19.5 Å². The molecule has 3 aromatic rings. The molecule has 1 amide bonds. The maximum Gasteiger partial charge on any atom is 0.410 e. The zero-order valence-electron chi connectivity index (χ0n) is 22.5. The molecule has 2 aliphatic rings. The van der Waals surface area contributed by atoms with E-state index in [1.807, 2.05) is 18.7 Å². The van der Waals surface area contributed by atoms with Crippen molar-refractivity contribution in [3.8, 4) is 11.4 Å². The van der Waals surface area contributed by atoms with Gasteiger partial charge in [0.15, 0.2) is 0 Å². The Balaban J connectivity index is 1.11. The van der Waals surface area contributed by atoms with E-state index in [4.69, 9.17) is 19.7 Å². The lowest BCUT2D eigenvalue weighted by atomic mass is 9.85. The Morgan fingerprint density at radius 3 is 2.60 bits per heavy atom. The molecule has 0 aliphatic carbocycles. The molecular weight excluding hydrogens is 524 g/mol. The average molecular weight is 558 g/mol. The van der Waals surface area contributed by atoms with Crippen LogP contribution in [0.5, 0.6) is 0 Å². The first-order chi connectivity index (χ1) is 19.3. The highest BCUT2D eigenvalue weighted by Gasteiger charge is 2.31. The first-order valence-corrected chi connectivity index (χ1v) is 13.4. The Hall–Kier alpha value is -3.71. The summed E-state index contributed by atoms with van der Waals surface area (Å²) in [7, 11) is 0. The normalized spacial score (nSPS) is 20.2. The largest absolute Gasteiger partial charge is 0.447 e. The van der Waals surface area contributed by atoms with Crippen molar-refractivity contribution < 1.29 is 27.6 Å². The predicted octanol–water partition coefficient (Wildman–Crippen LogP) is 3.65. The molecule has 0 unspecified atom stereocenters. The number of carbonyl (C=O) groups is 1. The maximum atomic E-state index is 14.3. The summed E-state index contributed by atoms with van der Waals surface area (Å²) in [6.45, 7) is 5.90. The molecule has 0 spiro atoms. The fourth-order valence-corrected chi connectivity index (χ4v) is 5.05. The standard InChI is InChI=1S/C27H33F2N7O4/c1-16(2)39-27(37)35-8-5-19(6-9-35)38-15-24-33-25(34-40-24)17-12-31-26(32-13-17)36-10-7-20(23(30)14-36)21-11-18(28)3-4-22(21)29/h3-4,11-13,16,19-20,23H,5-10,14-15,30H2,1-2H3/t20-,23+/m1/s1. The Morgan fingerprint density at radius 1 is 1.15 bits per heavy atom. The van der Waals surface area contributed by atoms with Crippen LogP contribution in [0.3, 0.4) is 0 Å². The first-order valence-electron chi connectivity index (χ1n) is 13.4. The Kier molecular flexibility index (Phi) is 8.50. The molecule has 2 fully saturated rings. The lowest BCUT2D eigenvalue weighted by Gasteiger charge is -2.37. The van der Waals surface area contributed by atoms with E-state index in [0.29, 0.717) is 74.2 Å². The van der Waals surface area contributed by atoms with E-state index in [1.165, 1.54) is 6.07 Å². The quantitative estimate of drug-likeness (QED) is 0.459. The molecule has 2 aliphatic heterocycles. The summed E-state index contributed by atoms with van der Waals surface area (Å²) in [6, 6.07) is 3.06. The van der Waals surface area contributed by atoms with Crippen molar-refractivity contribution in [2.24, 2.45) is 5.73 Å². The molecule has 4 heterocycles. The van der Waals surface area contributed by atoms with Gasteiger partial charge in [0, 0.05) is 50.5 Å². The third-order valence-corrected chi connectivity index (χ3v) is 7.14. The molecule has 13 heteroatoms. The summed E-state index contributed by atoms with van der Waals surface area (Å²) in [6.07, 6.45) is 4.68. The molecule has 2 aromatic heterocycles. The summed E-state index contributed by atoms with van der Waals surface area (Å²) >= 11 is 0. The van der Waals surface area contributed by atoms with Crippen LogP contribution in [0.2, 0.25) is 0 Å². The third kappa shape index (κ3) is 6.53. The molecule has 214 valence electrons. The van der Waals surface area contributed by atoms with E-state index < -0.39 is 17.7 Å². The fourth-order valence-electron chi connectivity index (χ4n) is 5.05. The van der Waals surface area contributed by atoms with E-state index in [9.17, 15) is 13.6 Å². The number of aromatic nitrogens is 4. The molecule has 11 nitrogen and oxygen atoms in total. The van der Waals surface area contributed by atoms with Crippen molar-refractivity contribution in [3.63, 3.8) is 0 Å². The van der Waals surface area contributed by atoms with Crippen molar-refractivity contribution in [2.75, 3.05) is 31.1 Å². The fraction of sp³-hybridized carbons (Fsp3) is 0.519. The lowest BCUT2D eigenvalue weighted by Crippen LogP contribution is -2.48. The molecule has 0 bridgehead atoms. The van der Waals surface area contributed by atoms with E-state index >= 15 is 0 Å². The summed E-state index contributed by atoms with van der Waals surface area (Å²) in [5.74, 6) is -0.0676. The van der Waals surface area contributed by atoms with Crippen molar-refractivity contribution in [2.45, 2.75) is 63.9 Å². The number of ether oxygens (including phenoxy) is 2. The van der Waals surface area contributed by atoms with Crippen LogP contribution in [0.15, 0.2) is 35.1 Å². The van der Waals surface area contributed by atoms with Crippen molar-refractivity contribution in [1.29, 1.82) is 0 Å². The Bertz CT molecular complexity index is 1300. The maximum absolute atomic E-state index is 14.3. The number of nitrogens with two attached hydrogens (primary N) is 1. The van der Waals surface area contributed by atoms with Crippen LogP contribution in [0, 0.1) is 11.6 Å². The van der Waals surface area contributed by atoms with Crippen molar-refractivity contribution >= 4 is 12.0 Å². The molecule has 2 N–H and O–H groups in total. The van der Waals surface area contributed by atoms with E-state index in [1.54, 1.807) is 17.3 Å². The number of rotatable bonds is 7. The molecule has 0 saturated carbocycles. The minimum Gasteiger partial charge on any atom is -0.447 e. The number of benzene rings is 1. The first kappa shape index (κ1) is 27.8. The molecule has 40 heavy (non-hydrogen) atoms. The van der Waals surface area contributed by atoms with Gasteiger partial charge < -0.3 is 29.5 Å². The summed E-state index contributed by atoms with van der Waals surface area (Å²) in [5.41, 5.74) is 7.23. The van der Waals surface area contributed by atoms with Gasteiger partial charge in [0.1, 0.15) is 18.2 Å². The van der Waals surface area contributed by atoms with E-state index in [-0.39, 0.29) is 30.8 Å². The minimum atomic E-state index is -0.479. The van der Waals surface area contributed by atoms with Crippen LogP contribution >= 0.6 is 0 Å².